The number of hydrogen-bond donors (Lipinski definition) is 1. The highest BCUT2D eigenvalue weighted by Crippen LogP contribution is 2.25. The van der Waals surface area contributed by atoms with Crippen LogP contribution in [-0.4, -0.2) is 19.6 Å². The van der Waals surface area contributed by atoms with E-state index in [1.807, 2.05) is 31.5 Å². The van der Waals surface area contributed by atoms with Crippen molar-refractivity contribution in [1.82, 2.24) is 5.32 Å². The zero-order valence-electron chi connectivity index (χ0n) is 9.16. The number of ether oxygens (including phenoxy) is 1. The molecule has 0 spiro atoms. The van der Waals surface area contributed by atoms with Gasteiger partial charge in [0.2, 0.25) is 0 Å². The molecule has 3 nitrogen and oxygen atoms in total. The quantitative estimate of drug-likeness (QED) is 0.758. The maximum Gasteiger partial charge on any atom is 0.306 e. The topological polar surface area (TPSA) is 38.3 Å². The Morgan fingerprint density at radius 2 is 2.47 bits per heavy atom. The number of thiophene rings is 1. The minimum Gasteiger partial charge on any atom is -0.457 e. The van der Waals surface area contributed by atoms with Crippen molar-refractivity contribution in [3.05, 3.63) is 22.4 Å². The first-order valence-electron chi connectivity index (χ1n) is 5.15. The van der Waals surface area contributed by atoms with Gasteiger partial charge in [-0.2, -0.15) is 0 Å². The fourth-order valence-electron chi connectivity index (χ4n) is 1.25. The third-order valence-electron chi connectivity index (χ3n) is 2.08. The first kappa shape index (κ1) is 12.2. The molecule has 0 amide bonds. The third-order valence-corrected chi connectivity index (χ3v) is 3.04. The van der Waals surface area contributed by atoms with Crippen LogP contribution in [0.1, 0.15) is 30.7 Å². The van der Waals surface area contributed by atoms with Gasteiger partial charge in [-0.3, -0.25) is 4.79 Å². The van der Waals surface area contributed by atoms with E-state index >= 15 is 0 Å². The van der Waals surface area contributed by atoms with Gasteiger partial charge in [0.25, 0.3) is 0 Å². The molecule has 0 fully saturated rings. The smallest absolute Gasteiger partial charge is 0.306 e. The molecule has 1 rings (SSSR count). The van der Waals surface area contributed by atoms with Gasteiger partial charge >= 0.3 is 5.97 Å². The molecule has 0 radical (unpaired) electrons. The van der Waals surface area contributed by atoms with Gasteiger partial charge in [-0.1, -0.05) is 13.0 Å². The SMILES string of the molecule is CCC(=O)O[C@@H](CCNC)c1cccs1. The summed E-state index contributed by atoms with van der Waals surface area (Å²) in [5.41, 5.74) is 0. The molecular formula is C11H17NO2S. The summed E-state index contributed by atoms with van der Waals surface area (Å²) in [5.74, 6) is -0.135. The van der Waals surface area contributed by atoms with Crippen molar-refractivity contribution in [3.63, 3.8) is 0 Å². The standard InChI is InChI=1S/C11H17NO2S/c1-3-11(13)14-9(6-7-12-2)10-5-4-8-15-10/h4-5,8-9,12H,3,6-7H2,1-2H3/t9-/m0/s1. The van der Waals surface area contributed by atoms with E-state index in [4.69, 9.17) is 4.74 Å². The maximum absolute atomic E-state index is 11.2. The summed E-state index contributed by atoms with van der Waals surface area (Å²) in [6.45, 7) is 2.66. The van der Waals surface area contributed by atoms with Gasteiger partial charge in [0.15, 0.2) is 0 Å². The average Bonchev–Trinajstić information content (AvgIpc) is 2.77. The Kier molecular flexibility index (Phi) is 5.36. The van der Waals surface area contributed by atoms with Crippen LogP contribution in [0.4, 0.5) is 0 Å². The molecule has 0 aliphatic carbocycles. The predicted molar refractivity (Wildman–Crippen MR) is 62.0 cm³/mol. The second kappa shape index (κ2) is 6.58. The van der Waals surface area contributed by atoms with Crippen molar-refractivity contribution in [2.45, 2.75) is 25.9 Å². The lowest BCUT2D eigenvalue weighted by Crippen LogP contribution is -2.16. The van der Waals surface area contributed by atoms with E-state index in [2.05, 4.69) is 5.32 Å². The maximum atomic E-state index is 11.2. The summed E-state index contributed by atoms with van der Waals surface area (Å²) in [4.78, 5) is 12.4. The molecule has 1 atom stereocenters. The second-order valence-corrected chi connectivity index (χ2v) is 4.22. The fourth-order valence-corrected chi connectivity index (χ4v) is 2.04. The molecule has 1 N–H and O–H groups in total. The van der Waals surface area contributed by atoms with Gasteiger partial charge in [-0.05, 0) is 25.0 Å². The second-order valence-electron chi connectivity index (χ2n) is 3.24. The monoisotopic (exact) mass is 227 g/mol. The van der Waals surface area contributed by atoms with Gasteiger partial charge in [-0.15, -0.1) is 11.3 Å². The Labute approximate surface area is 94.5 Å². The van der Waals surface area contributed by atoms with E-state index in [0.29, 0.717) is 6.42 Å². The Bertz CT molecular complexity index is 285. The van der Waals surface area contributed by atoms with Crippen molar-refractivity contribution in [1.29, 1.82) is 0 Å². The van der Waals surface area contributed by atoms with Crippen molar-refractivity contribution >= 4 is 17.3 Å². The molecule has 4 heteroatoms. The molecule has 1 aromatic heterocycles. The highest BCUT2D eigenvalue weighted by Gasteiger charge is 2.15. The normalized spacial score (nSPS) is 12.4. The minimum absolute atomic E-state index is 0.0927. The Morgan fingerprint density at radius 1 is 1.67 bits per heavy atom. The molecule has 0 aromatic carbocycles. The average molecular weight is 227 g/mol. The van der Waals surface area contributed by atoms with Crippen molar-refractivity contribution in [2.75, 3.05) is 13.6 Å². The van der Waals surface area contributed by atoms with Crippen LogP contribution in [0.5, 0.6) is 0 Å². The zero-order valence-corrected chi connectivity index (χ0v) is 9.97. The van der Waals surface area contributed by atoms with Crippen LogP contribution in [-0.2, 0) is 9.53 Å². The van der Waals surface area contributed by atoms with Gasteiger partial charge in [0.1, 0.15) is 6.10 Å². The van der Waals surface area contributed by atoms with Crippen LogP contribution < -0.4 is 5.32 Å². The Hall–Kier alpha value is -0.870. The van der Waals surface area contributed by atoms with Gasteiger partial charge in [0.05, 0.1) is 0 Å². The molecule has 0 unspecified atom stereocenters. The number of carbonyl (C=O) groups is 1. The van der Waals surface area contributed by atoms with Gasteiger partial charge < -0.3 is 10.1 Å². The summed E-state index contributed by atoms with van der Waals surface area (Å²) in [6.07, 6.45) is 1.16. The van der Waals surface area contributed by atoms with Crippen LogP contribution >= 0.6 is 11.3 Å². The molecule has 15 heavy (non-hydrogen) atoms. The largest absolute Gasteiger partial charge is 0.457 e. The molecule has 1 heterocycles. The number of carbonyl (C=O) groups excluding carboxylic acids is 1. The first-order chi connectivity index (χ1) is 7.27. The lowest BCUT2D eigenvalue weighted by Gasteiger charge is -2.15. The molecule has 0 saturated heterocycles. The van der Waals surface area contributed by atoms with E-state index in [-0.39, 0.29) is 12.1 Å². The lowest BCUT2D eigenvalue weighted by molar-refractivity contribution is -0.149. The van der Waals surface area contributed by atoms with Crippen LogP contribution in [0.2, 0.25) is 0 Å². The van der Waals surface area contributed by atoms with E-state index < -0.39 is 0 Å². The van der Waals surface area contributed by atoms with Crippen LogP contribution in [0.3, 0.4) is 0 Å². The summed E-state index contributed by atoms with van der Waals surface area (Å²) in [7, 11) is 1.90. The zero-order chi connectivity index (χ0) is 11.1. The van der Waals surface area contributed by atoms with Crippen molar-refractivity contribution in [3.8, 4) is 0 Å². The van der Waals surface area contributed by atoms with Crippen LogP contribution in [0.25, 0.3) is 0 Å². The molecule has 84 valence electrons. The van der Waals surface area contributed by atoms with E-state index in [0.717, 1.165) is 17.8 Å². The van der Waals surface area contributed by atoms with Crippen LogP contribution in [0, 0.1) is 0 Å². The summed E-state index contributed by atoms with van der Waals surface area (Å²) < 4.78 is 5.38. The molecule has 0 saturated carbocycles. The first-order valence-corrected chi connectivity index (χ1v) is 6.03. The van der Waals surface area contributed by atoms with Gasteiger partial charge in [-0.25, -0.2) is 0 Å². The molecular weight excluding hydrogens is 210 g/mol. The lowest BCUT2D eigenvalue weighted by atomic mass is 10.2. The number of esters is 1. The fraction of sp³-hybridized carbons (Fsp3) is 0.545. The summed E-state index contributed by atoms with van der Waals surface area (Å²) >= 11 is 1.63. The van der Waals surface area contributed by atoms with Crippen LogP contribution in [0.15, 0.2) is 17.5 Å². The number of hydrogen-bond acceptors (Lipinski definition) is 4. The van der Waals surface area contributed by atoms with E-state index in [1.54, 1.807) is 11.3 Å². The number of nitrogens with one attached hydrogen (secondary N) is 1. The van der Waals surface area contributed by atoms with Gasteiger partial charge in [0, 0.05) is 17.7 Å². The van der Waals surface area contributed by atoms with Crippen molar-refractivity contribution in [2.24, 2.45) is 0 Å². The Balaban J connectivity index is 2.57. The Morgan fingerprint density at radius 3 is 3.00 bits per heavy atom. The summed E-state index contributed by atoms with van der Waals surface area (Å²) in [5, 5.41) is 5.07. The minimum atomic E-state index is -0.135. The highest BCUT2D eigenvalue weighted by molar-refractivity contribution is 7.10. The highest BCUT2D eigenvalue weighted by atomic mass is 32.1. The predicted octanol–water partition coefficient (Wildman–Crippen LogP) is 2.35. The molecule has 0 aliphatic heterocycles. The molecule has 0 aliphatic rings. The van der Waals surface area contributed by atoms with Crippen molar-refractivity contribution < 1.29 is 9.53 Å². The third kappa shape index (κ3) is 4.01. The summed E-state index contributed by atoms with van der Waals surface area (Å²) in [6, 6.07) is 3.99. The molecule has 1 aromatic rings. The number of rotatable bonds is 6. The van der Waals surface area contributed by atoms with E-state index in [1.165, 1.54) is 0 Å². The molecule has 0 bridgehead atoms. The van der Waals surface area contributed by atoms with E-state index in [9.17, 15) is 4.79 Å².